The Balaban J connectivity index is 1.79. The van der Waals surface area contributed by atoms with E-state index in [1.54, 1.807) is 41.3 Å². The van der Waals surface area contributed by atoms with Gasteiger partial charge in [0.25, 0.3) is 5.91 Å². The second kappa shape index (κ2) is 12.4. The molecule has 0 atom stereocenters. The lowest BCUT2D eigenvalue weighted by Crippen LogP contribution is -2.41. The second-order valence-electron chi connectivity index (χ2n) is 7.72. The zero-order valence-corrected chi connectivity index (χ0v) is 21.1. The number of benzene rings is 2. The Labute approximate surface area is 218 Å². The van der Waals surface area contributed by atoms with Crippen LogP contribution in [0.4, 0.5) is 0 Å². The van der Waals surface area contributed by atoms with Crippen molar-refractivity contribution < 1.29 is 14.4 Å². The summed E-state index contributed by atoms with van der Waals surface area (Å²) in [4.78, 5) is 38.1. The van der Waals surface area contributed by atoms with Gasteiger partial charge in [-0.3, -0.25) is 14.4 Å². The summed E-state index contributed by atoms with van der Waals surface area (Å²) in [5.74, 6) is -0.740. The minimum absolute atomic E-state index is 0.114. The van der Waals surface area contributed by atoms with Crippen LogP contribution < -0.4 is 5.32 Å². The molecule has 0 aliphatic carbocycles. The van der Waals surface area contributed by atoms with E-state index in [0.29, 0.717) is 27.6 Å². The number of hydrogen-bond acceptors (Lipinski definition) is 3. The number of likely N-dealkylation sites (tertiary alicyclic amines) is 1. The van der Waals surface area contributed by atoms with Crippen molar-refractivity contribution in [2.24, 2.45) is 0 Å². The summed E-state index contributed by atoms with van der Waals surface area (Å²) < 4.78 is 0. The predicted molar refractivity (Wildman–Crippen MR) is 138 cm³/mol. The molecule has 3 rings (SSSR count). The molecule has 9 heteroatoms. The molecule has 0 radical (unpaired) electrons. The summed E-state index contributed by atoms with van der Waals surface area (Å²) >= 11 is 23.0. The van der Waals surface area contributed by atoms with Gasteiger partial charge in [-0.25, -0.2) is 0 Å². The summed E-state index contributed by atoms with van der Waals surface area (Å²) in [6.07, 6.45) is 4.17. The number of halogens is 4. The van der Waals surface area contributed by atoms with E-state index in [9.17, 15) is 14.4 Å². The number of ketones is 1. The SMILES string of the molecule is O=C1/C(=C/c2ccc(Cl)cc2)CN(C(=O)CCCNC(=O)C(Cl)Cl)C/C1=C\c1ccc(Cl)cc1. The van der Waals surface area contributed by atoms with E-state index >= 15 is 0 Å². The monoisotopic (exact) mass is 538 g/mol. The molecule has 1 aliphatic heterocycles. The molecular formula is C25H22Cl4N2O3. The quantitative estimate of drug-likeness (QED) is 0.284. The van der Waals surface area contributed by atoms with Crippen LogP contribution in [0.25, 0.3) is 12.2 Å². The van der Waals surface area contributed by atoms with E-state index in [0.717, 1.165) is 11.1 Å². The van der Waals surface area contributed by atoms with Gasteiger partial charge in [-0.2, -0.15) is 0 Å². The van der Waals surface area contributed by atoms with Gasteiger partial charge in [-0.15, -0.1) is 0 Å². The second-order valence-corrected chi connectivity index (χ2v) is 9.69. The molecule has 2 aromatic rings. The average molecular weight is 540 g/mol. The van der Waals surface area contributed by atoms with Gasteiger partial charge in [-0.05, 0) is 54.0 Å². The summed E-state index contributed by atoms with van der Waals surface area (Å²) in [7, 11) is 0. The first kappa shape index (κ1) is 26.3. The Kier molecular flexibility index (Phi) is 9.60. The number of hydrogen-bond donors (Lipinski definition) is 1. The van der Waals surface area contributed by atoms with E-state index < -0.39 is 10.7 Å². The van der Waals surface area contributed by atoms with Crippen molar-refractivity contribution in [2.45, 2.75) is 17.7 Å². The molecule has 1 saturated heterocycles. The first-order valence-corrected chi connectivity index (χ1v) is 12.2. The van der Waals surface area contributed by atoms with Crippen molar-refractivity contribution in [3.05, 3.63) is 80.8 Å². The molecule has 0 saturated carbocycles. The molecule has 2 amide bonds. The Morgan fingerprint density at radius 3 is 1.79 bits per heavy atom. The molecule has 1 N–H and O–H groups in total. The zero-order valence-electron chi connectivity index (χ0n) is 18.1. The van der Waals surface area contributed by atoms with Crippen LogP contribution in [-0.2, 0) is 14.4 Å². The van der Waals surface area contributed by atoms with Crippen LogP contribution >= 0.6 is 46.4 Å². The standard InChI is InChI=1S/C25H22Cl4N2O3/c26-20-7-3-16(4-8-20)12-18-14-31(22(32)2-1-11-30-25(34)24(28)29)15-19(23(18)33)13-17-5-9-21(27)10-6-17/h3-10,12-13,24H,1-2,11,14-15H2,(H,30,34)/b18-12+,19-13+. The Bertz CT molecular complexity index is 1040. The van der Waals surface area contributed by atoms with Gasteiger partial charge in [0, 0.05) is 47.2 Å². The number of Topliss-reactive ketones (excluding diaryl/α,β-unsaturated/α-hetero) is 1. The highest BCUT2D eigenvalue weighted by Gasteiger charge is 2.28. The average Bonchev–Trinajstić information content (AvgIpc) is 2.81. The van der Waals surface area contributed by atoms with Gasteiger partial charge < -0.3 is 10.2 Å². The maximum absolute atomic E-state index is 13.2. The van der Waals surface area contributed by atoms with Crippen LogP contribution in [0.3, 0.4) is 0 Å². The highest BCUT2D eigenvalue weighted by molar-refractivity contribution is 6.53. The van der Waals surface area contributed by atoms with Crippen LogP contribution in [0.1, 0.15) is 24.0 Å². The summed E-state index contributed by atoms with van der Waals surface area (Å²) in [5.41, 5.74) is 2.63. The molecule has 178 valence electrons. The van der Waals surface area contributed by atoms with Crippen molar-refractivity contribution in [3.63, 3.8) is 0 Å². The van der Waals surface area contributed by atoms with Crippen molar-refractivity contribution >= 4 is 76.2 Å². The van der Waals surface area contributed by atoms with Gasteiger partial charge in [0.1, 0.15) is 0 Å². The molecule has 0 bridgehead atoms. The number of amides is 2. The molecular weight excluding hydrogens is 518 g/mol. The Morgan fingerprint density at radius 2 is 1.35 bits per heavy atom. The number of carbonyl (C=O) groups excluding carboxylic acids is 3. The Morgan fingerprint density at radius 1 is 0.882 bits per heavy atom. The molecule has 1 heterocycles. The number of piperidine rings is 1. The fourth-order valence-electron chi connectivity index (χ4n) is 3.42. The lowest BCUT2D eigenvalue weighted by Gasteiger charge is -2.30. The molecule has 1 aliphatic rings. The maximum Gasteiger partial charge on any atom is 0.253 e. The topological polar surface area (TPSA) is 66.5 Å². The molecule has 5 nitrogen and oxygen atoms in total. The van der Waals surface area contributed by atoms with Crippen molar-refractivity contribution in [3.8, 4) is 0 Å². The van der Waals surface area contributed by atoms with E-state index in [-0.39, 0.29) is 37.7 Å². The van der Waals surface area contributed by atoms with Gasteiger partial charge in [-0.1, -0.05) is 70.7 Å². The molecule has 0 aromatic heterocycles. The normalized spacial score (nSPS) is 16.4. The lowest BCUT2D eigenvalue weighted by molar-refractivity contribution is -0.131. The first-order valence-electron chi connectivity index (χ1n) is 10.5. The van der Waals surface area contributed by atoms with Crippen molar-refractivity contribution in [1.29, 1.82) is 0 Å². The first-order chi connectivity index (χ1) is 16.2. The fourth-order valence-corrected chi connectivity index (χ4v) is 3.83. The van der Waals surface area contributed by atoms with Crippen LogP contribution in [0, 0.1) is 0 Å². The number of nitrogens with one attached hydrogen (secondary N) is 1. The minimum Gasteiger partial charge on any atom is -0.354 e. The summed E-state index contributed by atoms with van der Waals surface area (Å²) in [6, 6.07) is 14.2. The number of nitrogens with zero attached hydrogens (tertiary/aromatic N) is 1. The van der Waals surface area contributed by atoms with E-state index in [1.807, 2.05) is 24.3 Å². The number of alkyl halides is 2. The lowest BCUT2D eigenvalue weighted by atomic mass is 9.94. The van der Waals surface area contributed by atoms with E-state index in [4.69, 9.17) is 46.4 Å². The molecule has 0 unspecified atom stereocenters. The predicted octanol–water partition coefficient (Wildman–Crippen LogP) is 5.57. The number of rotatable bonds is 7. The maximum atomic E-state index is 13.2. The molecule has 0 spiro atoms. The van der Waals surface area contributed by atoms with E-state index in [2.05, 4.69) is 5.32 Å². The third kappa shape index (κ3) is 7.60. The third-order valence-electron chi connectivity index (χ3n) is 5.15. The zero-order chi connectivity index (χ0) is 24.7. The highest BCUT2D eigenvalue weighted by Crippen LogP contribution is 2.24. The van der Waals surface area contributed by atoms with Crippen LogP contribution in [-0.4, -0.2) is 47.0 Å². The van der Waals surface area contributed by atoms with Crippen molar-refractivity contribution in [2.75, 3.05) is 19.6 Å². The molecule has 2 aromatic carbocycles. The third-order valence-corrected chi connectivity index (χ3v) is 6.05. The van der Waals surface area contributed by atoms with Crippen LogP contribution in [0.2, 0.25) is 10.0 Å². The van der Waals surface area contributed by atoms with Crippen LogP contribution in [0.15, 0.2) is 59.7 Å². The smallest absolute Gasteiger partial charge is 0.253 e. The minimum atomic E-state index is -1.15. The highest BCUT2D eigenvalue weighted by atomic mass is 35.5. The van der Waals surface area contributed by atoms with E-state index in [1.165, 1.54) is 0 Å². The summed E-state index contributed by atoms with van der Waals surface area (Å²) in [5, 5.41) is 3.76. The Hall–Kier alpha value is -2.31. The van der Waals surface area contributed by atoms with Gasteiger partial charge in [0.2, 0.25) is 5.91 Å². The fraction of sp³-hybridized carbons (Fsp3) is 0.240. The van der Waals surface area contributed by atoms with Crippen LogP contribution in [0.5, 0.6) is 0 Å². The number of carbonyl (C=O) groups is 3. The van der Waals surface area contributed by atoms with Crippen molar-refractivity contribution in [1.82, 2.24) is 10.2 Å². The van der Waals surface area contributed by atoms with Gasteiger partial charge >= 0.3 is 0 Å². The molecule has 34 heavy (non-hydrogen) atoms. The summed E-state index contributed by atoms with van der Waals surface area (Å²) in [6.45, 7) is 0.653. The molecule has 1 fully saturated rings. The van der Waals surface area contributed by atoms with Gasteiger partial charge in [0.05, 0.1) is 0 Å². The largest absolute Gasteiger partial charge is 0.354 e. The van der Waals surface area contributed by atoms with Gasteiger partial charge in [0.15, 0.2) is 10.6 Å².